The molecule has 0 spiro atoms. The molecule has 1 amide bonds. The van der Waals surface area contributed by atoms with Gasteiger partial charge in [0.15, 0.2) is 0 Å². The van der Waals surface area contributed by atoms with E-state index in [1.54, 1.807) is 17.4 Å². The van der Waals surface area contributed by atoms with E-state index in [1.807, 2.05) is 61.7 Å². The van der Waals surface area contributed by atoms with Gasteiger partial charge < -0.3 is 5.32 Å². The molecule has 0 unspecified atom stereocenters. The van der Waals surface area contributed by atoms with Crippen LogP contribution in [0.1, 0.15) is 16.1 Å². The van der Waals surface area contributed by atoms with E-state index < -0.39 is 15.9 Å². The van der Waals surface area contributed by atoms with Crippen LogP contribution in [-0.2, 0) is 21.4 Å². The molecule has 1 heterocycles. The molecule has 0 aliphatic rings. The van der Waals surface area contributed by atoms with Gasteiger partial charge in [-0.25, -0.2) is 13.4 Å². The van der Waals surface area contributed by atoms with Gasteiger partial charge in [-0.2, -0.15) is 4.31 Å². The van der Waals surface area contributed by atoms with Crippen molar-refractivity contribution in [1.82, 2.24) is 9.29 Å². The number of hydrogen-bond donors (Lipinski definition) is 1. The summed E-state index contributed by atoms with van der Waals surface area (Å²) in [6.45, 7) is 3.60. The number of halogens is 1. The molecular formula is C26H24ClN3O3S2. The van der Waals surface area contributed by atoms with Crippen LogP contribution in [0.15, 0.2) is 83.1 Å². The summed E-state index contributed by atoms with van der Waals surface area (Å²) in [6.07, 6.45) is 0. The van der Waals surface area contributed by atoms with Gasteiger partial charge >= 0.3 is 0 Å². The standard InChI is InChI=1S/C26H24ClN3O3S2/c1-18-6-8-20(9-7-18)15-30(35(32,33)24-12-10-22(27)11-13-24)16-26(31)29-23-5-3-4-21(14-23)25-17-34-19(2)28-25/h3-14,17H,15-16H2,1-2H3,(H,29,31). The Morgan fingerprint density at radius 2 is 1.74 bits per heavy atom. The number of thiazole rings is 1. The highest BCUT2D eigenvalue weighted by molar-refractivity contribution is 7.89. The van der Waals surface area contributed by atoms with Crippen LogP contribution in [0.4, 0.5) is 5.69 Å². The molecule has 1 aromatic heterocycles. The zero-order valence-electron chi connectivity index (χ0n) is 19.2. The van der Waals surface area contributed by atoms with E-state index in [-0.39, 0.29) is 18.0 Å². The number of nitrogens with one attached hydrogen (secondary N) is 1. The minimum absolute atomic E-state index is 0.0524. The minimum atomic E-state index is -3.96. The zero-order chi connectivity index (χ0) is 25.0. The van der Waals surface area contributed by atoms with Crippen LogP contribution in [-0.4, -0.2) is 30.2 Å². The highest BCUT2D eigenvalue weighted by Gasteiger charge is 2.27. The molecule has 0 fully saturated rings. The first-order valence-electron chi connectivity index (χ1n) is 10.8. The summed E-state index contributed by atoms with van der Waals surface area (Å²) >= 11 is 7.49. The van der Waals surface area contributed by atoms with Gasteiger partial charge in [-0.05, 0) is 55.8 Å². The van der Waals surface area contributed by atoms with Crippen LogP contribution in [0, 0.1) is 13.8 Å². The number of hydrogen-bond acceptors (Lipinski definition) is 5. The number of aromatic nitrogens is 1. The van der Waals surface area contributed by atoms with Gasteiger partial charge in [0.2, 0.25) is 15.9 Å². The van der Waals surface area contributed by atoms with Crippen LogP contribution in [0.25, 0.3) is 11.3 Å². The van der Waals surface area contributed by atoms with Gasteiger partial charge in [-0.15, -0.1) is 11.3 Å². The van der Waals surface area contributed by atoms with Crippen LogP contribution in [0.3, 0.4) is 0 Å². The molecule has 3 aromatic carbocycles. The van der Waals surface area contributed by atoms with Crippen LogP contribution in [0.5, 0.6) is 0 Å². The molecule has 0 saturated heterocycles. The second kappa shape index (κ2) is 10.7. The Labute approximate surface area is 214 Å². The first kappa shape index (κ1) is 25.1. The van der Waals surface area contributed by atoms with E-state index in [0.29, 0.717) is 10.7 Å². The number of sulfonamides is 1. The lowest BCUT2D eigenvalue weighted by molar-refractivity contribution is -0.116. The van der Waals surface area contributed by atoms with E-state index >= 15 is 0 Å². The summed E-state index contributed by atoms with van der Waals surface area (Å²) in [4.78, 5) is 17.6. The second-order valence-electron chi connectivity index (χ2n) is 8.09. The van der Waals surface area contributed by atoms with Gasteiger partial charge in [-0.3, -0.25) is 4.79 Å². The third kappa shape index (κ3) is 6.35. The summed E-state index contributed by atoms with van der Waals surface area (Å²) in [5.74, 6) is -0.443. The monoisotopic (exact) mass is 525 g/mol. The Hall–Kier alpha value is -3.04. The number of aryl methyl sites for hydroxylation is 2. The van der Waals surface area contributed by atoms with Crippen molar-refractivity contribution >= 4 is 44.6 Å². The SMILES string of the molecule is Cc1ccc(CN(CC(=O)Nc2cccc(-c3csc(C)n3)c2)S(=O)(=O)c2ccc(Cl)cc2)cc1. The first-order chi connectivity index (χ1) is 16.7. The summed E-state index contributed by atoms with van der Waals surface area (Å²) in [5.41, 5.74) is 4.11. The molecule has 0 atom stereocenters. The largest absolute Gasteiger partial charge is 0.325 e. The quantitative estimate of drug-likeness (QED) is 0.310. The maximum absolute atomic E-state index is 13.4. The van der Waals surface area contributed by atoms with Crippen LogP contribution in [0.2, 0.25) is 5.02 Å². The summed E-state index contributed by atoms with van der Waals surface area (Å²) in [6, 6.07) is 20.8. The molecule has 4 rings (SSSR count). The third-order valence-corrected chi connectivity index (χ3v) is 8.14. The minimum Gasteiger partial charge on any atom is -0.325 e. The van der Waals surface area contributed by atoms with Crippen molar-refractivity contribution in [1.29, 1.82) is 0 Å². The van der Waals surface area contributed by atoms with Gasteiger partial charge in [0.05, 0.1) is 22.1 Å². The van der Waals surface area contributed by atoms with E-state index in [9.17, 15) is 13.2 Å². The maximum atomic E-state index is 13.4. The van der Waals surface area contributed by atoms with Crippen molar-refractivity contribution in [2.75, 3.05) is 11.9 Å². The molecule has 0 bridgehead atoms. The van der Waals surface area contributed by atoms with Gasteiger partial charge in [0, 0.05) is 28.2 Å². The molecule has 6 nitrogen and oxygen atoms in total. The Morgan fingerprint density at radius 1 is 1.03 bits per heavy atom. The summed E-state index contributed by atoms with van der Waals surface area (Å²) < 4.78 is 28.1. The number of amides is 1. The number of anilines is 1. The first-order valence-corrected chi connectivity index (χ1v) is 13.5. The maximum Gasteiger partial charge on any atom is 0.243 e. The van der Waals surface area contributed by atoms with Gasteiger partial charge in [0.25, 0.3) is 0 Å². The predicted molar refractivity (Wildman–Crippen MR) is 141 cm³/mol. The fourth-order valence-electron chi connectivity index (χ4n) is 3.49. The Kier molecular flexibility index (Phi) is 7.66. The summed E-state index contributed by atoms with van der Waals surface area (Å²) in [7, 11) is -3.96. The zero-order valence-corrected chi connectivity index (χ0v) is 21.6. The van der Waals surface area contributed by atoms with E-state index in [4.69, 9.17) is 11.6 Å². The lowest BCUT2D eigenvalue weighted by atomic mass is 10.1. The van der Waals surface area contributed by atoms with Crippen molar-refractivity contribution < 1.29 is 13.2 Å². The molecule has 0 saturated carbocycles. The van der Waals surface area contributed by atoms with Gasteiger partial charge in [-0.1, -0.05) is 53.6 Å². The molecule has 1 N–H and O–H groups in total. The fraction of sp³-hybridized carbons (Fsp3) is 0.154. The highest BCUT2D eigenvalue weighted by Crippen LogP contribution is 2.25. The van der Waals surface area contributed by atoms with E-state index in [2.05, 4.69) is 10.3 Å². The van der Waals surface area contributed by atoms with Gasteiger partial charge in [0.1, 0.15) is 0 Å². The summed E-state index contributed by atoms with van der Waals surface area (Å²) in [5, 5.41) is 6.17. The van der Waals surface area contributed by atoms with Crippen molar-refractivity contribution in [3.05, 3.63) is 99.3 Å². The fourth-order valence-corrected chi connectivity index (χ4v) is 5.62. The number of rotatable bonds is 8. The average Bonchev–Trinajstić information content (AvgIpc) is 3.27. The van der Waals surface area contributed by atoms with E-state index in [0.717, 1.165) is 27.4 Å². The normalized spacial score (nSPS) is 11.5. The van der Waals surface area contributed by atoms with Crippen molar-refractivity contribution in [2.45, 2.75) is 25.3 Å². The topological polar surface area (TPSA) is 79.4 Å². The number of nitrogens with zero attached hydrogens (tertiary/aromatic N) is 2. The highest BCUT2D eigenvalue weighted by atomic mass is 35.5. The average molecular weight is 526 g/mol. The molecule has 35 heavy (non-hydrogen) atoms. The smallest absolute Gasteiger partial charge is 0.243 e. The third-order valence-electron chi connectivity index (χ3n) is 5.31. The molecule has 0 radical (unpaired) electrons. The Bertz CT molecular complexity index is 1430. The molecule has 0 aliphatic carbocycles. The van der Waals surface area contributed by atoms with Crippen LogP contribution >= 0.6 is 22.9 Å². The molecule has 180 valence electrons. The Balaban J connectivity index is 1.57. The Morgan fingerprint density at radius 3 is 2.40 bits per heavy atom. The molecule has 4 aromatic rings. The molecule has 0 aliphatic heterocycles. The number of benzene rings is 3. The van der Waals surface area contributed by atoms with Crippen molar-refractivity contribution in [3.63, 3.8) is 0 Å². The van der Waals surface area contributed by atoms with E-state index in [1.165, 1.54) is 28.6 Å². The predicted octanol–water partition coefficient (Wildman–Crippen LogP) is 5.91. The molecular weight excluding hydrogens is 502 g/mol. The lowest BCUT2D eigenvalue weighted by Crippen LogP contribution is -2.37. The van der Waals surface area contributed by atoms with Crippen molar-refractivity contribution in [3.8, 4) is 11.3 Å². The molecule has 9 heteroatoms. The second-order valence-corrected chi connectivity index (χ2v) is 11.5. The number of carbonyl (C=O) groups is 1. The number of carbonyl (C=O) groups excluding carboxylic acids is 1. The lowest BCUT2D eigenvalue weighted by Gasteiger charge is -2.22. The van der Waals surface area contributed by atoms with Crippen LogP contribution < -0.4 is 5.32 Å². The van der Waals surface area contributed by atoms with Crippen molar-refractivity contribution in [2.24, 2.45) is 0 Å².